The maximum Gasteiger partial charge on any atom is 0.317 e. The van der Waals surface area contributed by atoms with Crippen LogP contribution in [0.4, 0.5) is 4.39 Å². The molecule has 3 rings (SSSR count). The summed E-state index contributed by atoms with van der Waals surface area (Å²) in [6.45, 7) is 1.94. The number of carbonyl (C=O) groups is 1. The van der Waals surface area contributed by atoms with Crippen LogP contribution in [-0.2, 0) is 14.9 Å². The largest absolute Gasteiger partial charge is 0.496 e. The molecule has 6 heteroatoms. The minimum atomic E-state index is -0.889. The highest BCUT2D eigenvalue weighted by molar-refractivity contribution is 6.29. The third-order valence-corrected chi connectivity index (χ3v) is 4.79. The van der Waals surface area contributed by atoms with Crippen molar-refractivity contribution in [3.8, 4) is 5.75 Å². The van der Waals surface area contributed by atoms with Crippen molar-refractivity contribution in [2.75, 3.05) is 14.2 Å². The molecule has 2 atom stereocenters. The van der Waals surface area contributed by atoms with E-state index in [-0.39, 0.29) is 17.0 Å². The monoisotopic (exact) mass is 349 g/mol. The van der Waals surface area contributed by atoms with Crippen LogP contribution in [-0.4, -0.2) is 25.2 Å². The summed E-state index contributed by atoms with van der Waals surface area (Å²) >= 11 is 5.80. The van der Waals surface area contributed by atoms with Gasteiger partial charge < -0.3 is 9.47 Å². The van der Waals surface area contributed by atoms with Crippen molar-refractivity contribution >= 4 is 17.6 Å². The highest BCUT2D eigenvalue weighted by Crippen LogP contribution is 2.62. The van der Waals surface area contributed by atoms with Crippen LogP contribution in [0.25, 0.3) is 0 Å². The molecular weight excluding hydrogens is 333 g/mol. The number of hydrogen-bond donors (Lipinski definition) is 0. The molecule has 0 bridgehead atoms. The molecule has 24 heavy (non-hydrogen) atoms. The minimum Gasteiger partial charge on any atom is -0.496 e. The number of benzene rings is 1. The molecule has 4 nitrogen and oxygen atoms in total. The van der Waals surface area contributed by atoms with Gasteiger partial charge in [-0.3, -0.25) is 4.79 Å². The van der Waals surface area contributed by atoms with Crippen LogP contribution in [0, 0.1) is 12.7 Å². The quantitative estimate of drug-likeness (QED) is 0.622. The zero-order valence-corrected chi connectivity index (χ0v) is 14.4. The van der Waals surface area contributed by atoms with Gasteiger partial charge in [0.1, 0.15) is 11.2 Å². The van der Waals surface area contributed by atoms with Crippen LogP contribution in [0.5, 0.6) is 5.75 Å². The maximum absolute atomic E-state index is 13.4. The third kappa shape index (κ3) is 2.53. The van der Waals surface area contributed by atoms with E-state index in [1.807, 2.05) is 25.1 Å². The van der Waals surface area contributed by atoms with Gasteiger partial charge >= 0.3 is 5.97 Å². The zero-order chi connectivity index (χ0) is 17.5. The smallest absolute Gasteiger partial charge is 0.317 e. The minimum absolute atomic E-state index is 0.200. The van der Waals surface area contributed by atoms with Gasteiger partial charge in [-0.1, -0.05) is 29.3 Å². The molecule has 1 aliphatic rings. The van der Waals surface area contributed by atoms with E-state index in [1.54, 1.807) is 13.2 Å². The number of halogens is 2. The lowest BCUT2D eigenvalue weighted by molar-refractivity contribution is -0.143. The molecule has 0 aliphatic heterocycles. The number of carbonyl (C=O) groups excluding carboxylic acids is 1. The van der Waals surface area contributed by atoms with E-state index in [9.17, 15) is 9.18 Å². The fourth-order valence-electron chi connectivity index (χ4n) is 3.23. The molecule has 1 fully saturated rings. The molecule has 1 heterocycles. The average Bonchev–Trinajstić information content (AvgIpc) is 3.33. The highest BCUT2D eigenvalue weighted by Gasteiger charge is 2.64. The highest BCUT2D eigenvalue weighted by atomic mass is 35.5. The van der Waals surface area contributed by atoms with E-state index in [1.165, 1.54) is 13.2 Å². The molecule has 126 valence electrons. The Bertz CT molecular complexity index is 811. The molecule has 0 amide bonds. The number of nitrogens with zero attached hydrogens (tertiary/aromatic N) is 1. The predicted molar refractivity (Wildman–Crippen MR) is 88.0 cm³/mol. The van der Waals surface area contributed by atoms with Gasteiger partial charge in [0, 0.05) is 17.2 Å². The molecule has 2 aromatic rings. The molecule has 1 aromatic heterocycles. The van der Waals surface area contributed by atoms with E-state index in [2.05, 4.69) is 4.98 Å². The normalized spacial score (nSPS) is 22.1. The first-order valence-electron chi connectivity index (χ1n) is 7.49. The lowest BCUT2D eigenvalue weighted by Gasteiger charge is -2.19. The fraction of sp³-hybridized carbons (Fsp3) is 0.333. The Morgan fingerprint density at radius 3 is 2.71 bits per heavy atom. The van der Waals surface area contributed by atoms with Crippen molar-refractivity contribution in [1.82, 2.24) is 4.98 Å². The topological polar surface area (TPSA) is 48.4 Å². The van der Waals surface area contributed by atoms with Gasteiger partial charge in [-0.15, -0.1) is 0 Å². The van der Waals surface area contributed by atoms with E-state index < -0.39 is 11.2 Å². The number of aryl methyl sites for hydroxylation is 1. The number of hydrogen-bond acceptors (Lipinski definition) is 4. The summed E-state index contributed by atoms with van der Waals surface area (Å²) in [5.74, 6) is -0.572. The number of methoxy groups -OCH3 is 2. The third-order valence-electron chi connectivity index (χ3n) is 4.53. The summed E-state index contributed by atoms with van der Waals surface area (Å²) in [5, 5.41) is -0.200. The summed E-state index contributed by atoms with van der Waals surface area (Å²) in [7, 11) is 2.91. The average molecular weight is 350 g/mol. The van der Waals surface area contributed by atoms with Gasteiger partial charge in [0.25, 0.3) is 0 Å². The van der Waals surface area contributed by atoms with Crippen LogP contribution in [0.15, 0.2) is 30.3 Å². The van der Waals surface area contributed by atoms with Crippen LogP contribution in [0.2, 0.25) is 5.15 Å². The van der Waals surface area contributed by atoms with Crippen LogP contribution < -0.4 is 4.74 Å². The molecular formula is C18H17ClFNO3. The maximum atomic E-state index is 13.4. The van der Waals surface area contributed by atoms with Crippen LogP contribution in [0.1, 0.15) is 29.2 Å². The Kier molecular flexibility index (Phi) is 4.22. The fourth-order valence-corrected chi connectivity index (χ4v) is 3.39. The second-order valence-corrected chi connectivity index (χ2v) is 6.29. The van der Waals surface area contributed by atoms with Gasteiger partial charge in [-0.2, -0.15) is 0 Å². The Hall–Kier alpha value is -2.14. The van der Waals surface area contributed by atoms with Crippen molar-refractivity contribution in [2.45, 2.75) is 24.7 Å². The first kappa shape index (κ1) is 16.7. The Labute approximate surface area is 144 Å². The molecule has 1 aliphatic carbocycles. The Morgan fingerprint density at radius 1 is 1.33 bits per heavy atom. The van der Waals surface area contributed by atoms with Gasteiger partial charge in [-0.25, -0.2) is 9.37 Å². The van der Waals surface area contributed by atoms with E-state index in [0.29, 0.717) is 17.9 Å². The standard InChI is InChI=1S/C18H17ClFNO3/c1-10-4-7-15(23-2)11(8-10)18(17(22)24-3)9-12(18)14-6-5-13(20)16(19)21-14/h4-8,12H,9H2,1-3H3/t12-,18-/m1/s1. The first-order valence-corrected chi connectivity index (χ1v) is 7.87. The van der Waals surface area contributed by atoms with Gasteiger partial charge in [-0.05, 0) is 31.5 Å². The number of aromatic nitrogens is 1. The van der Waals surface area contributed by atoms with E-state index >= 15 is 0 Å². The second-order valence-electron chi connectivity index (χ2n) is 5.93. The van der Waals surface area contributed by atoms with Crippen LogP contribution >= 0.6 is 11.6 Å². The number of ether oxygens (including phenoxy) is 2. The predicted octanol–water partition coefficient (Wildman–Crippen LogP) is 3.79. The number of pyridine rings is 1. The SMILES string of the molecule is COC(=O)[C@@]1(c2cc(C)ccc2OC)C[C@@H]1c1ccc(F)c(Cl)n1. The molecule has 1 aromatic carbocycles. The van der Waals surface area contributed by atoms with Crippen molar-refractivity contribution in [3.63, 3.8) is 0 Å². The Morgan fingerprint density at radius 2 is 2.08 bits per heavy atom. The molecule has 0 unspecified atom stereocenters. The summed E-state index contributed by atoms with van der Waals surface area (Å²) in [6.07, 6.45) is 0.508. The summed E-state index contributed by atoms with van der Waals surface area (Å²) in [5.41, 5.74) is 1.43. The summed E-state index contributed by atoms with van der Waals surface area (Å²) in [6, 6.07) is 8.48. The zero-order valence-electron chi connectivity index (χ0n) is 13.6. The molecule has 1 saturated carbocycles. The van der Waals surface area contributed by atoms with Crippen LogP contribution in [0.3, 0.4) is 0 Å². The van der Waals surface area contributed by atoms with E-state index in [0.717, 1.165) is 11.1 Å². The van der Waals surface area contributed by atoms with Crippen molar-refractivity contribution in [1.29, 1.82) is 0 Å². The number of rotatable bonds is 4. The number of esters is 1. The summed E-state index contributed by atoms with van der Waals surface area (Å²) < 4.78 is 23.9. The van der Waals surface area contributed by atoms with Gasteiger partial charge in [0.2, 0.25) is 0 Å². The molecule has 0 radical (unpaired) electrons. The van der Waals surface area contributed by atoms with Gasteiger partial charge in [0.15, 0.2) is 11.0 Å². The van der Waals surface area contributed by atoms with E-state index in [4.69, 9.17) is 21.1 Å². The summed E-state index contributed by atoms with van der Waals surface area (Å²) in [4.78, 5) is 16.7. The van der Waals surface area contributed by atoms with Crippen molar-refractivity contribution in [2.24, 2.45) is 0 Å². The Balaban J connectivity index is 2.11. The first-order chi connectivity index (χ1) is 11.4. The lowest BCUT2D eigenvalue weighted by atomic mass is 9.90. The van der Waals surface area contributed by atoms with Gasteiger partial charge in [0.05, 0.1) is 14.2 Å². The van der Waals surface area contributed by atoms with Crippen molar-refractivity contribution < 1.29 is 18.7 Å². The second kappa shape index (κ2) is 6.06. The molecule has 0 N–H and O–H groups in total. The lowest BCUT2D eigenvalue weighted by Crippen LogP contribution is -2.25. The molecule has 0 spiro atoms. The van der Waals surface area contributed by atoms with Crippen molar-refractivity contribution in [3.05, 3.63) is 58.1 Å². The molecule has 0 saturated heterocycles.